The van der Waals surface area contributed by atoms with E-state index in [1.165, 1.54) is 24.5 Å². The van der Waals surface area contributed by atoms with E-state index in [0.717, 1.165) is 5.82 Å². The number of ether oxygens (including phenoxy) is 1. The Balaban J connectivity index is 1.62. The maximum Gasteiger partial charge on any atom is 0.224 e. The molecule has 0 bridgehead atoms. The molecular formula is C19H22ClFN4O2. The lowest BCUT2D eigenvalue weighted by molar-refractivity contribution is -0.132. The summed E-state index contributed by atoms with van der Waals surface area (Å²) in [6.07, 6.45) is 2.00. The fourth-order valence-electron chi connectivity index (χ4n) is 2.88. The summed E-state index contributed by atoms with van der Waals surface area (Å²) in [5.74, 6) is 1.53. The van der Waals surface area contributed by atoms with E-state index in [4.69, 9.17) is 16.3 Å². The standard InChI is InChI=1S/C19H22ClFN4O2/c1-13(2)9-19(26)25-7-5-24(6-8-25)17-11-18(23-12-22-17)27-14-3-4-16(21)15(20)10-14/h3-4,10-13H,5-9H2,1-2H3. The molecule has 0 atom stereocenters. The Hall–Kier alpha value is -2.41. The summed E-state index contributed by atoms with van der Waals surface area (Å²) in [5, 5.41) is -0.0102. The van der Waals surface area contributed by atoms with Gasteiger partial charge in [-0.05, 0) is 18.1 Å². The van der Waals surface area contributed by atoms with Crippen molar-refractivity contribution in [3.8, 4) is 11.6 Å². The zero-order valence-corrected chi connectivity index (χ0v) is 16.1. The van der Waals surface area contributed by atoms with Crippen LogP contribution in [0.15, 0.2) is 30.6 Å². The Bertz CT molecular complexity index is 810. The van der Waals surface area contributed by atoms with E-state index in [9.17, 15) is 9.18 Å². The Morgan fingerprint density at radius 3 is 2.63 bits per heavy atom. The van der Waals surface area contributed by atoms with Crippen molar-refractivity contribution in [1.29, 1.82) is 0 Å². The average Bonchev–Trinajstić information content (AvgIpc) is 2.64. The number of halogens is 2. The molecule has 144 valence electrons. The molecule has 1 aliphatic rings. The minimum absolute atomic E-state index is 0.0102. The number of hydrogen-bond acceptors (Lipinski definition) is 5. The lowest BCUT2D eigenvalue weighted by atomic mass is 10.1. The first-order valence-electron chi connectivity index (χ1n) is 8.90. The van der Waals surface area contributed by atoms with E-state index in [1.54, 1.807) is 6.07 Å². The van der Waals surface area contributed by atoms with Crippen molar-refractivity contribution in [2.45, 2.75) is 20.3 Å². The summed E-state index contributed by atoms with van der Waals surface area (Å²) in [7, 11) is 0. The Kier molecular flexibility index (Phi) is 6.11. The van der Waals surface area contributed by atoms with Gasteiger partial charge in [-0.15, -0.1) is 0 Å². The van der Waals surface area contributed by atoms with Crippen molar-refractivity contribution in [1.82, 2.24) is 14.9 Å². The lowest BCUT2D eigenvalue weighted by Crippen LogP contribution is -2.49. The summed E-state index contributed by atoms with van der Waals surface area (Å²) >= 11 is 5.78. The quantitative estimate of drug-likeness (QED) is 0.775. The molecule has 1 aromatic heterocycles. The zero-order valence-electron chi connectivity index (χ0n) is 15.4. The molecular weight excluding hydrogens is 371 g/mol. The molecule has 1 fully saturated rings. The third-order valence-corrected chi connectivity index (χ3v) is 4.57. The third-order valence-electron chi connectivity index (χ3n) is 4.28. The molecule has 27 heavy (non-hydrogen) atoms. The topological polar surface area (TPSA) is 58.6 Å². The van der Waals surface area contributed by atoms with E-state index in [-0.39, 0.29) is 10.9 Å². The van der Waals surface area contributed by atoms with Gasteiger partial charge in [0.2, 0.25) is 11.8 Å². The van der Waals surface area contributed by atoms with E-state index < -0.39 is 5.82 Å². The van der Waals surface area contributed by atoms with Crippen LogP contribution in [-0.2, 0) is 4.79 Å². The average molecular weight is 393 g/mol. The zero-order chi connectivity index (χ0) is 19.4. The van der Waals surface area contributed by atoms with Crippen LogP contribution >= 0.6 is 11.6 Å². The number of piperazine rings is 1. The van der Waals surface area contributed by atoms with Gasteiger partial charge >= 0.3 is 0 Å². The molecule has 0 aliphatic carbocycles. The molecule has 3 rings (SSSR count). The maximum absolute atomic E-state index is 13.3. The van der Waals surface area contributed by atoms with E-state index >= 15 is 0 Å². The predicted molar refractivity (Wildman–Crippen MR) is 102 cm³/mol. The van der Waals surface area contributed by atoms with Crippen LogP contribution in [0.2, 0.25) is 5.02 Å². The Labute approximate surface area is 162 Å². The Morgan fingerprint density at radius 2 is 1.96 bits per heavy atom. The molecule has 1 aliphatic heterocycles. The predicted octanol–water partition coefficient (Wildman–Crippen LogP) is 3.76. The molecule has 1 saturated heterocycles. The van der Waals surface area contributed by atoms with Crippen LogP contribution in [0.3, 0.4) is 0 Å². The molecule has 0 spiro atoms. The molecule has 0 N–H and O–H groups in total. The number of hydrogen-bond donors (Lipinski definition) is 0. The van der Waals surface area contributed by atoms with Gasteiger partial charge < -0.3 is 14.5 Å². The number of nitrogens with zero attached hydrogens (tertiary/aromatic N) is 4. The maximum atomic E-state index is 13.3. The lowest BCUT2D eigenvalue weighted by Gasteiger charge is -2.35. The molecule has 8 heteroatoms. The summed E-state index contributed by atoms with van der Waals surface area (Å²) < 4.78 is 18.9. The van der Waals surface area contributed by atoms with Crippen molar-refractivity contribution in [2.75, 3.05) is 31.1 Å². The summed E-state index contributed by atoms with van der Waals surface area (Å²) in [5.41, 5.74) is 0. The normalized spacial score (nSPS) is 14.6. The van der Waals surface area contributed by atoms with Gasteiger partial charge in [-0.3, -0.25) is 4.79 Å². The number of rotatable bonds is 5. The van der Waals surface area contributed by atoms with Crippen LogP contribution in [0.25, 0.3) is 0 Å². The summed E-state index contributed by atoms with van der Waals surface area (Å²) in [6.45, 7) is 6.82. The van der Waals surface area contributed by atoms with Gasteiger partial charge in [0.15, 0.2) is 0 Å². The molecule has 1 amide bonds. The van der Waals surface area contributed by atoms with Crippen LogP contribution in [-0.4, -0.2) is 47.0 Å². The van der Waals surface area contributed by atoms with Crippen LogP contribution < -0.4 is 9.64 Å². The molecule has 0 radical (unpaired) electrons. The fraction of sp³-hybridized carbons (Fsp3) is 0.421. The molecule has 0 unspecified atom stereocenters. The van der Waals surface area contributed by atoms with Crippen LogP contribution in [0, 0.1) is 11.7 Å². The first-order valence-corrected chi connectivity index (χ1v) is 9.28. The van der Waals surface area contributed by atoms with Gasteiger partial charge in [0.05, 0.1) is 5.02 Å². The number of carbonyl (C=O) groups excluding carboxylic acids is 1. The minimum Gasteiger partial charge on any atom is -0.439 e. The van der Waals surface area contributed by atoms with Crippen molar-refractivity contribution in [3.63, 3.8) is 0 Å². The van der Waals surface area contributed by atoms with Gasteiger partial charge in [0.1, 0.15) is 23.7 Å². The van der Waals surface area contributed by atoms with Gasteiger partial charge in [-0.25, -0.2) is 14.4 Å². The van der Waals surface area contributed by atoms with Crippen LogP contribution in [0.5, 0.6) is 11.6 Å². The SMILES string of the molecule is CC(C)CC(=O)N1CCN(c2cc(Oc3ccc(F)c(Cl)c3)ncn2)CC1. The second kappa shape index (κ2) is 8.52. The highest BCUT2D eigenvalue weighted by Gasteiger charge is 2.22. The fourth-order valence-corrected chi connectivity index (χ4v) is 3.05. The summed E-state index contributed by atoms with van der Waals surface area (Å²) in [4.78, 5) is 24.6. The van der Waals surface area contributed by atoms with Crippen molar-refractivity contribution in [3.05, 3.63) is 41.4 Å². The van der Waals surface area contributed by atoms with E-state index in [0.29, 0.717) is 50.1 Å². The largest absolute Gasteiger partial charge is 0.439 e. The Morgan fingerprint density at radius 1 is 1.22 bits per heavy atom. The third kappa shape index (κ3) is 5.07. The van der Waals surface area contributed by atoms with Gasteiger partial charge in [-0.2, -0.15) is 0 Å². The van der Waals surface area contributed by atoms with Crippen molar-refractivity contribution < 1.29 is 13.9 Å². The molecule has 1 aromatic carbocycles. The number of amides is 1. The molecule has 2 aromatic rings. The molecule has 2 heterocycles. The highest BCUT2D eigenvalue weighted by atomic mass is 35.5. The molecule has 6 nitrogen and oxygen atoms in total. The van der Waals surface area contributed by atoms with Crippen LogP contribution in [0.1, 0.15) is 20.3 Å². The van der Waals surface area contributed by atoms with Gasteiger partial charge in [0.25, 0.3) is 0 Å². The first-order chi connectivity index (χ1) is 12.9. The van der Waals surface area contributed by atoms with E-state index in [1.807, 2.05) is 18.7 Å². The first kappa shape index (κ1) is 19.4. The number of carbonyl (C=O) groups is 1. The molecule has 0 saturated carbocycles. The van der Waals surface area contributed by atoms with Crippen molar-refractivity contribution in [2.24, 2.45) is 5.92 Å². The monoisotopic (exact) mass is 392 g/mol. The highest BCUT2D eigenvalue weighted by molar-refractivity contribution is 6.30. The summed E-state index contributed by atoms with van der Waals surface area (Å²) in [6, 6.07) is 5.86. The smallest absolute Gasteiger partial charge is 0.224 e. The number of aromatic nitrogens is 2. The van der Waals surface area contributed by atoms with Gasteiger partial charge in [0, 0.05) is 44.7 Å². The van der Waals surface area contributed by atoms with E-state index in [2.05, 4.69) is 14.9 Å². The minimum atomic E-state index is -0.503. The van der Waals surface area contributed by atoms with Crippen molar-refractivity contribution >= 4 is 23.3 Å². The highest BCUT2D eigenvalue weighted by Crippen LogP contribution is 2.26. The van der Waals surface area contributed by atoms with Gasteiger partial charge in [-0.1, -0.05) is 25.4 Å². The second-order valence-electron chi connectivity index (χ2n) is 6.86. The number of anilines is 1. The van der Waals surface area contributed by atoms with Crippen LogP contribution in [0.4, 0.5) is 10.2 Å². The number of benzene rings is 1. The second-order valence-corrected chi connectivity index (χ2v) is 7.27.